The van der Waals surface area contributed by atoms with Gasteiger partial charge in [0.1, 0.15) is 0 Å². The largest absolute Gasteiger partial charge is 0.377 e. The molecular formula is C15H30N2O. The number of ether oxygens (including phenoxy) is 1. The van der Waals surface area contributed by atoms with E-state index in [9.17, 15) is 0 Å². The van der Waals surface area contributed by atoms with Crippen molar-refractivity contribution in [1.29, 1.82) is 0 Å². The Morgan fingerprint density at radius 2 is 2.06 bits per heavy atom. The van der Waals surface area contributed by atoms with Crippen molar-refractivity contribution in [3.63, 3.8) is 0 Å². The van der Waals surface area contributed by atoms with Crippen molar-refractivity contribution in [3.8, 4) is 0 Å². The van der Waals surface area contributed by atoms with Crippen molar-refractivity contribution in [2.45, 2.75) is 70.1 Å². The summed E-state index contributed by atoms with van der Waals surface area (Å²) in [6.07, 6.45) is 7.98. The summed E-state index contributed by atoms with van der Waals surface area (Å²) in [6, 6.07) is 1.43. The van der Waals surface area contributed by atoms with E-state index in [0.717, 1.165) is 19.1 Å². The average Bonchev–Trinajstić information content (AvgIpc) is 2.40. The maximum atomic E-state index is 5.73. The highest BCUT2D eigenvalue weighted by atomic mass is 16.5. The molecular weight excluding hydrogens is 224 g/mol. The molecule has 2 aliphatic rings. The third-order valence-corrected chi connectivity index (χ3v) is 4.85. The number of nitrogens with one attached hydrogen (secondary N) is 1. The van der Waals surface area contributed by atoms with E-state index in [4.69, 9.17) is 4.74 Å². The first-order valence-corrected chi connectivity index (χ1v) is 7.71. The van der Waals surface area contributed by atoms with Gasteiger partial charge < -0.3 is 10.1 Å². The van der Waals surface area contributed by atoms with Crippen LogP contribution < -0.4 is 5.32 Å². The van der Waals surface area contributed by atoms with Gasteiger partial charge in [-0.05, 0) is 45.7 Å². The number of hydrogen-bond donors (Lipinski definition) is 1. The highest BCUT2D eigenvalue weighted by Gasteiger charge is 2.37. The topological polar surface area (TPSA) is 24.5 Å². The van der Waals surface area contributed by atoms with Gasteiger partial charge in [-0.3, -0.25) is 4.90 Å². The second-order valence-corrected chi connectivity index (χ2v) is 6.24. The summed E-state index contributed by atoms with van der Waals surface area (Å²) < 4.78 is 5.73. The molecule has 0 radical (unpaired) electrons. The molecule has 1 aliphatic carbocycles. The van der Waals surface area contributed by atoms with Gasteiger partial charge in [0.05, 0.1) is 5.60 Å². The van der Waals surface area contributed by atoms with Crippen LogP contribution in [-0.2, 0) is 4.74 Å². The molecule has 3 heteroatoms. The van der Waals surface area contributed by atoms with E-state index in [1.165, 1.54) is 45.1 Å². The fraction of sp³-hybridized carbons (Fsp3) is 1.00. The van der Waals surface area contributed by atoms with Crippen LogP contribution in [0.4, 0.5) is 0 Å². The van der Waals surface area contributed by atoms with Crippen molar-refractivity contribution in [2.24, 2.45) is 0 Å². The maximum Gasteiger partial charge on any atom is 0.0777 e. The minimum absolute atomic E-state index is 0.0759. The van der Waals surface area contributed by atoms with Crippen LogP contribution in [0.2, 0.25) is 0 Å². The number of piperidine rings is 1. The van der Waals surface area contributed by atoms with E-state index in [-0.39, 0.29) is 5.60 Å². The molecule has 0 bridgehead atoms. The Bertz CT molecular complexity index is 257. The second-order valence-electron chi connectivity index (χ2n) is 6.24. The predicted molar refractivity (Wildman–Crippen MR) is 75.9 cm³/mol. The number of methoxy groups -OCH3 is 1. The highest BCUT2D eigenvalue weighted by Crippen LogP contribution is 2.30. The van der Waals surface area contributed by atoms with Crippen LogP contribution in [0.15, 0.2) is 0 Å². The molecule has 3 nitrogen and oxygen atoms in total. The Morgan fingerprint density at radius 1 is 1.28 bits per heavy atom. The normalized spacial score (nSPS) is 38.8. The predicted octanol–water partition coefficient (Wildman–Crippen LogP) is 2.41. The summed E-state index contributed by atoms with van der Waals surface area (Å²) in [7, 11) is 1.87. The fourth-order valence-electron chi connectivity index (χ4n) is 3.74. The van der Waals surface area contributed by atoms with E-state index in [2.05, 4.69) is 24.1 Å². The van der Waals surface area contributed by atoms with Gasteiger partial charge in [-0.25, -0.2) is 0 Å². The van der Waals surface area contributed by atoms with Gasteiger partial charge in [-0.2, -0.15) is 0 Å². The summed E-state index contributed by atoms with van der Waals surface area (Å²) in [4.78, 5) is 2.69. The van der Waals surface area contributed by atoms with E-state index < -0.39 is 0 Å². The SMILES string of the molecule is CCNC1CCCCC1N1CCCC(C)(OC)C1. The molecule has 1 heterocycles. The third kappa shape index (κ3) is 3.25. The molecule has 0 aromatic rings. The highest BCUT2D eigenvalue weighted by molar-refractivity contribution is 4.93. The molecule has 0 spiro atoms. The smallest absolute Gasteiger partial charge is 0.0777 e. The summed E-state index contributed by atoms with van der Waals surface area (Å²) in [6.45, 7) is 7.95. The van der Waals surface area contributed by atoms with Crippen molar-refractivity contribution < 1.29 is 4.74 Å². The summed E-state index contributed by atoms with van der Waals surface area (Å²) >= 11 is 0. The van der Waals surface area contributed by atoms with Crippen LogP contribution >= 0.6 is 0 Å². The molecule has 106 valence electrons. The van der Waals surface area contributed by atoms with Crippen LogP contribution in [-0.4, -0.2) is 49.3 Å². The molecule has 1 saturated carbocycles. The molecule has 18 heavy (non-hydrogen) atoms. The number of hydrogen-bond acceptors (Lipinski definition) is 3. The Kier molecular flexibility index (Phi) is 5.05. The number of likely N-dealkylation sites (N-methyl/N-ethyl adjacent to an activating group) is 1. The Hall–Kier alpha value is -0.120. The first-order valence-electron chi connectivity index (χ1n) is 7.71. The van der Waals surface area contributed by atoms with Crippen molar-refractivity contribution in [1.82, 2.24) is 10.2 Å². The molecule has 1 aliphatic heterocycles. The lowest BCUT2D eigenvalue weighted by atomic mass is 9.85. The lowest BCUT2D eigenvalue weighted by Gasteiger charge is -2.47. The lowest BCUT2D eigenvalue weighted by Crippen LogP contribution is -2.58. The zero-order valence-electron chi connectivity index (χ0n) is 12.4. The molecule has 2 fully saturated rings. The average molecular weight is 254 g/mol. The van der Waals surface area contributed by atoms with Crippen molar-refractivity contribution in [3.05, 3.63) is 0 Å². The van der Waals surface area contributed by atoms with E-state index in [1.807, 2.05) is 7.11 Å². The zero-order valence-corrected chi connectivity index (χ0v) is 12.4. The monoisotopic (exact) mass is 254 g/mol. The van der Waals surface area contributed by atoms with Crippen LogP contribution in [0, 0.1) is 0 Å². The van der Waals surface area contributed by atoms with Gasteiger partial charge in [-0.15, -0.1) is 0 Å². The van der Waals surface area contributed by atoms with Crippen LogP contribution in [0.1, 0.15) is 52.4 Å². The second kappa shape index (κ2) is 6.36. The maximum absolute atomic E-state index is 5.73. The fourth-order valence-corrected chi connectivity index (χ4v) is 3.74. The third-order valence-electron chi connectivity index (χ3n) is 4.85. The van der Waals surface area contributed by atoms with Gasteiger partial charge in [0.2, 0.25) is 0 Å². The molecule has 3 atom stereocenters. The minimum atomic E-state index is 0.0759. The lowest BCUT2D eigenvalue weighted by molar-refractivity contribution is -0.0682. The Labute approximate surface area is 112 Å². The van der Waals surface area contributed by atoms with Crippen molar-refractivity contribution in [2.75, 3.05) is 26.7 Å². The molecule has 0 aromatic heterocycles. The quantitative estimate of drug-likeness (QED) is 0.834. The van der Waals surface area contributed by atoms with Gasteiger partial charge in [0.15, 0.2) is 0 Å². The minimum Gasteiger partial charge on any atom is -0.377 e. The van der Waals surface area contributed by atoms with Gasteiger partial charge in [0.25, 0.3) is 0 Å². The number of likely N-dealkylation sites (tertiary alicyclic amines) is 1. The first kappa shape index (κ1) is 14.3. The number of nitrogens with zero attached hydrogens (tertiary/aromatic N) is 1. The Balaban J connectivity index is 1.99. The molecule has 1 saturated heterocycles. The first-order chi connectivity index (χ1) is 8.68. The van der Waals surface area contributed by atoms with Crippen LogP contribution in [0.3, 0.4) is 0 Å². The van der Waals surface area contributed by atoms with Crippen molar-refractivity contribution >= 4 is 0 Å². The van der Waals surface area contributed by atoms with E-state index in [1.54, 1.807) is 0 Å². The molecule has 3 unspecified atom stereocenters. The van der Waals surface area contributed by atoms with E-state index in [0.29, 0.717) is 6.04 Å². The summed E-state index contributed by atoms with van der Waals surface area (Å²) in [5.74, 6) is 0. The molecule has 0 amide bonds. The van der Waals surface area contributed by atoms with Crippen LogP contribution in [0.25, 0.3) is 0 Å². The molecule has 2 rings (SSSR count). The standard InChI is InChI=1S/C15H30N2O/c1-4-16-13-8-5-6-9-14(13)17-11-7-10-15(2,12-17)18-3/h13-14,16H,4-12H2,1-3H3. The molecule has 0 aromatic carbocycles. The van der Waals surface area contributed by atoms with Gasteiger partial charge >= 0.3 is 0 Å². The van der Waals surface area contributed by atoms with Crippen LogP contribution in [0.5, 0.6) is 0 Å². The summed E-state index contributed by atoms with van der Waals surface area (Å²) in [5, 5.41) is 3.69. The van der Waals surface area contributed by atoms with Gasteiger partial charge in [-0.1, -0.05) is 19.8 Å². The Morgan fingerprint density at radius 3 is 2.78 bits per heavy atom. The van der Waals surface area contributed by atoms with Gasteiger partial charge in [0, 0.05) is 25.7 Å². The zero-order chi connectivity index (χ0) is 13.0. The molecule has 1 N–H and O–H groups in total. The van der Waals surface area contributed by atoms with E-state index >= 15 is 0 Å². The summed E-state index contributed by atoms with van der Waals surface area (Å²) in [5.41, 5.74) is 0.0759. The number of rotatable bonds is 4.